The highest BCUT2D eigenvalue weighted by Crippen LogP contribution is 2.31. The average molecular weight is 511 g/mol. The Kier molecular flexibility index (Phi) is 7.11. The monoisotopic (exact) mass is 509 g/mol. The number of amides is 2. The zero-order chi connectivity index (χ0) is 22.8. The van der Waals surface area contributed by atoms with Crippen LogP contribution in [-0.2, 0) is 16.1 Å². The molecule has 0 radical (unpaired) electrons. The Bertz CT molecular complexity index is 956. The first-order valence-corrected chi connectivity index (χ1v) is 11.0. The van der Waals surface area contributed by atoms with Crippen LogP contribution in [0.25, 0.3) is 0 Å². The predicted molar refractivity (Wildman–Crippen MR) is 122 cm³/mol. The minimum Gasteiger partial charge on any atom is -0.497 e. The molecule has 2 amide bonds. The van der Waals surface area contributed by atoms with Crippen LogP contribution in [0.15, 0.2) is 41.0 Å². The summed E-state index contributed by atoms with van der Waals surface area (Å²) in [6.45, 7) is 6.37. The van der Waals surface area contributed by atoms with E-state index in [0.29, 0.717) is 34.9 Å². The van der Waals surface area contributed by atoms with Crippen molar-refractivity contribution in [3.8, 4) is 5.75 Å². The number of aromatic nitrogens is 1. The molecule has 0 atom stereocenters. The molecule has 1 saturated heterocycles. The molecule has 0 bridgehead atoms. The number of benzene rings is 1. The van der Waals surface area contributed by atoms with Gasteiger partial charge in [0.1, 0.15) is 17.2 Å². The lowest BCUT2D eigenvalue weighted by Gasteiger charge is -2.40. The lowest BCUT2D eigenvalue weighted by atomic mass is 9.98. The van der Waals surface area contributed by atoms with E-state index in [4.69, 9.17) is 21.1 Å². The van der Waals surface area contributed by atoms with Gasteiger partial charge in [-0.2, -0.15) is 0 Å². The Labute approximate surface area is 195 Å². The summed E-state index contributed by atoms with van der Waals surface area (Å²) in [6.07, 6.45) is 1.09. The fraction of sp³-hybridized carbons (Fsp3) is 0.409. The van der Waals surface area contributed by atoms with Gasteiger partial charge in [0.05, 0.1) is 29.1 Å². The standard InChI is InChI=1S/C22H25BrClN3O4/c1-22(2,3)31-21(29)26-12-15(13-26)20(28)27(19-18(23)9-16(24)10-25-19)11-14-5-7-17(30-4)8-6-14/h5-10,15H,11-13H2,1-4H3. The highest BCUT2D eigenvalue weighted by atomic mass is 79.9. The third-order valence-corrected chi connectivity index (χ3v) is 5.48. The molecule has 0 unspecified atom stereocenters. The van der Waals surface area contributed by atoms with Crippen molar-refractivity contribution in [1.29, 1.82) is 0 Å². The molecule has 0 spiro atoms. The Morgan fingerprint density at radius 3 is 2.45 bits per heavy atom. The number of pyridine rings is 1. The number of ether oxygens (including phenoxy) is 2. The number of rotatable bonds is 5. The van der Waals surface area contributed by atoms with Crippen molar-refractivity contribution in [3.05, 3.63) is 51.6 Å². The summed E-state index contributed by atoms with van der Waals surface area (Å²) in [5.74, 6) is 0.752. The Hall–Kier alpha value is -2.32. The van der Waals surface area contributed by atoms with E-state index in [9.17, 15) is 9.59 Å². The molecule has 0 N–H and O–H groups in total. The van der Waals surface area contributed by atoms with Crippen molar-refractivity contribution in [2.75, 3.05) is 25.1 Å². The van der Waals surface area contributed by atoms with Gasteiger partial charge in [-0.25, -0.2) is 9.78 Å². The van der Waals surface area contributed by atoms with Crippen molar-refractivity contribution < 1.29 is 19.1 Å². The minimum absolute atomic E-state index is 0.119. The second kappa shape index (κ2) is 9.44. The fourth-order valence-electron chi connectivity index (χ4n) is 3.11. The number of carbonyl (C=O) groups excluding carboxylic acids is 2. The molecular formula is C22H25BrClN3O4. The van der Waals surface area contributed by atoms with E-state index >= 15 is 0 Å². The van der Waals surface area contributed by atoms with Crippen LogP contribution < -0.4 is 9.64 Å². The van der Waals surface area contributed by atoms with Gasteiger partial charge in [-0.15, -0.1) is 0 Å². The van der Waals surface area contributed by atoms with Crippen molar-refractivity contribution in [2.24, 2.45) is 5.92 Å². The smallest absolute Gasteiger partial charge is 0.410 e. The summed E-state index contributed by atoms with van der Waals surface area (Å²) < 4.78 is 11.2. The molecule has 2 heterocycles. The van der Waals surface area contributed by atoms with Crippen molar-refractivity contribution in [2.45, 2.75) is 32.9 Å². The van der Waals surface area contributed by atoms with E-state index < -0.39 is 11.7 Å². The number of likely N-dealkylation sites (tertiary alicyclic amines) is 1. The second-order valence-corrected chi connectivity index (χ2v) is 9.60. The van der Waals surface area contributed by atoms with Gasteiger partial charge in [0.15, 0.2) is 0 Å². The van der Waals surface area contributed by atoms with Gasteiger partial charge in [0.25, 0.3) is 0 Å². The molecule has 1 aromatic heterocycles. The lowest BCUT2D eigenvalue weighted by molar-refractivity contribution is -0.127. The number of nitrogens with zero attached hydrogens (tertiary/aromatic N) is 3. The Morgan fingerprint density at radius 2 is 1.90 bits per heavy atom. The van der Waals surface area contributed by atoms with Crippen LogP contribution in [0.4, 0.5) is 10.6 Å². The number of hydrogen-bond donors (Lipinski definition) is 0. The van der Waals surface area contributed by atoms with Gasteiger partial charge < -0.3 is 14.4 Å². The summed E-state index contributed by atoms with van der Waals surface area (Å²) in [5, 5.41) is 0.465. The molecule has 7 nitrogen and oxygen atoms in total. The van der Waals surface area contributed by atoms with Crippen LogP contribution in [0.2, 0.25) is 5.02 Å². The maximum Gasteiger partial charge on any atom is 0.410 e. The van der Waals surface area contributed by atoms with Crippen LogP contribution >= 0.6 is 27.5 Å². The first-order valence-electron chi connectivity index (χ1n) is 9.80. The number of hydrogen-bond acceptors (Lipinski definition) is 5. The summed E-state index contributed by atoms with van der Waals surface area (Å²) in [7, 11) is 1.60. The number of carbonyl (C=O) groups is 2. The molecule has 31 heavy (non-hydrogen) atoms. The van der Waals surface area contributed by atoms with Crippen molar-refractivity contribution in [3.63, 3.8) is 0 Å². The quantitative estimate of drug-likeness (QED) is 0.572. The molecule has 3 rings (SSSR count). The minimum atomic E-state index is -0.579. The summed E-state index contributed by atoms with van der Waals surface area (Å²) in [5.41, 5.74) is 0.339. The highest BCUT2D eigenvalue weighted by molar-refractivity contribution is 9.10. The van der Waals surface area contributed by atoms with Crippen LogP contribution in [0.3, 0.4) is 0 Å². The normalized spacial score (nSPS) is 14.1. The number of anilines is 1. The topological polar surface area (TPSA) is 72.0 Å². The van der Waals surface area contributed by atoms with E-state index in [1.807, 2.05) is 45.0 Å². The molecule has 1 fully saturated rings. The summed E-state index contributed by atoms with van der Waals surface area (Å²) in [6, 6.07) is 9.19. The molecule has 1 aliphatic heterocycles. The van der Waals surface area contributed by atoms with E-state index in [2.05, 4.69) is 20.9 Å². The molecule has 0 aliphatic carbocycles. The SMILES string of the molecule is COc1ccc(CN(C(=O)C2CN(C(=O)OC(C)(C)C)C2)c2ncc(Cl)cc2Br)cc1. The first-order chi connectivity index (χ1) is 14.6. The summed E-state index contributed by atoms with van der Waals surface area (Å²) >= 11 is 9.50. The largest absolute Gasteiger partial charge is 0.497 e. The zero-order valence-corrected chi connectivity index (χ0v) is 20.2. The molecule has 0 saturated carbocycles. The maximum absolute atomic E-state index is 13.4. The zero-order valence-electron chi connectivity index (χ0n) is 17.9. The van der Waals surface area contributed by atoms with E-state index in [-0.39, 0.29) is 11.8 Å². The number of methoxy groups -OCH3 is 1. The molecule has 1 aromatic carbocycles. The maximum atomic E-state index is 13.4. The second-order valence-electron chi connectivity index (χ2n) is 8.31. The van der Waals surface area contributed by atoms with Gasteiger partial charge in [0, 0.05) is 19.3 Å². The van der Waals surface area contributed by atoms with Gasteiger partial charge in [-0.05, 0) is 60.5 Å². The van der Waals surface area contributed by atoms with Crippen LogP contribution in [0.5, 0.6) is 5.75 Å². The predicted octanol–water partition coefficient (Wildman–Crippen LogP) is 4.91. The fourth-order valence-corrected chi connectivity index (χ4v) is 3.96. The molecule has 1 aliphatic rings. The van der Waals surface area contributed by atoms with E-state index in [0.717, 1.165) is 11.3 Å². The molecule has 9 heteroatoms. The van der Waals surface area contributed by atoms with E-state index in [1.54, 1.807) is 18.1 Å². The lowest BCUT2D eigenvalue weighted by Crippen LogP contribution is -2.57. The average Bonchev–Trinajstić information content (AvgIpc) is 2.64. The van der Waals surface area contributed by atoms with Crippen molar-refractivity contribution in [1.82, 2.24) is 9.88 Å². The van der Waals surface area contributed by atoms with Gasteiger partial charge >= 0.3 is 6.09 Å². The number of halogens is 2. The third-order valence-electron chi connectivity index (χ3n) is 4.69. The third kappa shape index (κ3) is 5.89. The molecular weight excluding hydrogens is 486 g/mol. The van der Waals surface area contributed by atoms with E-state index in [1.165, 1.54) is 11.1 Å². The van der Waals surface area contributed by atoms with Gasteiger partial charge in [0.2, 0.25) is 5.91 Å². The highest BCUT2D eigenvalue weighted by Gasteiger charge is 2.40. The Morgan fingerprint density at radius 1 is 1.26 bits per heavy atom. The van der Waals surface area contributed by atoms with Crippen LogP contribution in [0.1, 0.15) is 26.3 Å². The first kappa shape index (κ1) is 23.3. The van der Waals surface area contributed by atoms with Gasteiger partial charge in [-0.1, -0.05) is 23.7 Å². The molecule has 2 aromatic rings. The van der Waals surface area contributed by atoms with Crippen LogP contribution in [0, 0.1) is 5.92 Å². The van der Waals surface area contributed by atoms with Gasteiger partial charge in [-0.3, -0.25) is 9.69 Å². The van der Waals surface area contributed by atoms with Crippen molar-refractivity contribution >= 4 is 45.3 Å². The Balaban J connectivity index is 1.78. The van der Waals surface area contributed by atoms with Crippen LogP contribution in [-0.4, -0.2) is 47.7 Å². The summed E-state index contributed by atoms with van der Waals surface area (Å²) in [4.78, 5) is 33.1. The molecule has 166 valence electrons.